The molecule has 11 nitrogen and oxygen atoms in total. The van der Waals surface area contributed by atoms with Crippen molar-refractivity contribution in [1.82, 2.24) is 12.6 Å². The lowest BCUT2D eigenvalue weighted by molar-refractivity contribution is -0.755. The first-order chi connectivity index (χ1) is 12.9. The van der Waals surface area contributed by atoms with E-state index in [4.69, 9.17) is 35.3 Å². The van der Waals surface area contributed by atoms with Crippen LogP contribution >= 0.6 is 35.3 Å². The Labute approximate surface area is 172 Å². The van der Waals surface area contributed by atoms with Crippen molar-refractivity contribution in [1.29, 1.82) is 0 Å². The van der Waals surface area contributed by atoms with E-state index in [1.54, 1.807) is 6.92 Å². The quantitative estimate of drug-likeness (QED) is 0.531. The van der Waals surface area contributed by atoms with Crippen LogP contribution in [0.2, 0.25) is 0 Å². The van der Waals surface area contributed by atoms with Crippen LogP contribution in [0, 0.1) is 5.92 Å². The number of aromatic nitrogens is 2. The number of aliphatic imine (C=N–C) groups is 1. The fraction of sp³-hybridized carbons (Fsp3) is 0.429. The summed E-state index contributed by atoms with van der Waals surface area (Å²) in [6, 6.07) is -0.989. The van der Waals surface area contributed by atoms with Crippen molar-refractivity contribution in [3.05, 3.63) is 20.8 Å². The van der Waals surface area contributed by atoms with Gasteiger partial charge in [0.2, 0.25) is 11.6 Å². The van der Waals surface area contributed by atoms with Crippen molar-refractivity contribution < 1.29 is 24.0 Å². The van der Waals surface area contributed by atoms with Crippen molar-refractivity contribution in [3.8, 4) is 5.88 Å². The van der Waals surface area contributed by atoms with Crippen LogP contribution in [0.4, 0.5) is 10.5 Å². The van der Waals surface area contributed by atoms with Crippen LogP contribution < -0.4 is 11.2 Å². The summed E-state index contributed by atoms with van der Waals surface area (Å²) in [5, 5.41) is 9.93. The maximum absolute atomic E-state index is 12.9. The van der Waals surface area contributed by atoms with Crippen LogP contribution in [0.5, 0.6) is 5.88 Å². The largest absolute Gasteiger partial charge is 0.492 e. The van der Waals surface area contributed by atoms with Gasteiger partial charge in [-0.2, -0.15) is 12.7 Å². The highest BCUT2D eigenvalue weighted by molar-refractivity contribution is 6.69. The number of quaternary nitrogens is 1. The third kappa shape index (κ3) is 3.34. The number of halogens is 3. The van der Waals surface area contributed by atoms with E-state index in [0.29, 0.717) is 6.42 Å². The van der Waals surface area contributed by atoms with E-state index in [-0.39, 0.29) is 25.1 Å². The summed E-state index contributed by atoms with van der Waals surface area (Å²) in [6.07, 6.45) is 0.631. The SMILES string of the molecule is CCC(C)C[N+]1(C)C(=O)C(=Nc2c(O)n(Cl)c(=O)n(Cl)c2=O)C(=O)N(Cl)C1=O. The smallest absolute Gasteiger partial charge is 0.448 e. The zero-order valence-corrected chi connectivity index (χ0v) is 17.1. The van der Waals surface area contributed by atoms with Crippen molar-refractivity contribution in [2.24, 2.45) is 10.9 Å². The molecule has 1 fully saturated rings. The second-order valence-corrected chi connectivity index (χ2v) is 7.36. The van der Waals surface area contributed by atoms with Crippen molar-refractivity contribution in [3.63, 3.8) is 0 Å². The Morgan fingerprint density at radius 2 is 1.68 bits per heavy atom. The number of barbiturate groups is 1. The molecular weight excluding hydrogens is 441 g/mol. The first kappa shape index (κ1) is 22.1. The summed E-state index contributed by atoms with van der Waals surface area (Å²) in [5.74, 6) is -3.59. The summed E-state index contributed by atoms with van der Waals surface area (Å²) < 4.78 is -0.669. The third-order valence-corrected chi connectivity index (χ3v) is 5.23. The Bertz CT molecular complexity index is 1030. The molecule has 1 aromatic heterocycles. The van der Waals surface area contributed by atoms with E-state index < -0.39 is 50.9 Å². The van der Waals surface area contributed by atoms with Gasteiger partial charge in [0, 0.05) is 41.2 Å². The Balaban J connectivity index is 2.73. The van der Waals surface area contributed by atoms with Crippen molar-refractivity contribution in [2.75, 3.05) is 13.6 Å². The number of hydrogen-bond donors (Lipinski definition) is 1. The van der Waals surface area contributed by atoms with E-state index >= 15 is 0 Å². The highest BCUT2D eigenvalue weighted by atomic mass is 35.5. The van der Waals surface area contributed by atoms with Gasteiger partial charge in [-0.1, -0.05) is 13.8 Å². The second kappa shape index (κ2) is 7.66. The van der Waals surface area contributed by atoms with Crippen molar-refractivity contribution >= 4 is 64.6 Å². The van der Waals surface area contributed by atoms with Crippen LogP contribution in [0.1, 0.15) is 20.3 Å². The number of carbonyl (C=O) groups is 3. The first-order valence-electron chi connectivity index (χ1n) is 7.85. The summed E-state index contributed by atoms with van der Waals surface area (Å²) in [7, 11) is 1.25. The Kier molecular flexibility index (Phi) is 6.04. The average Bonchev–Trinajstić information content (AvgIpc) is 2.67. The Morgan fingerprint density at radius 3 is 2.21 bits per heavy atom. The molecule has 0 spiro atoms. The summed E-state index contributed by atoms with van der Waals surface area (Å²) in [6.45, 7) is 3.64. The highest BCUT2D eigenvalue weighted by Gasteiger charge is 2.56. The summed E-state index contributed by atoms with van der Waals surface area (Å²) >= 11 is 16.8. The lowest BCUT2D eigenvalue weighted by Crippen LogP contribution is -2.68. The molecule has 1 aromatic rings. The maximum Gasteiger partial charge on any atom is 0.448 e. The number of urea groups is 1. The Hall–Kier alpha value is -2.21. The number of imide groups is 2. The molecule has 1 aliphatic rings. The molecule has 2 heterocycles. The maximum atomic E-state index is 12.9. The molecule has 4 amide bonds. The molecule has 0 radical (unpaired) electrons. The van der Waals surface area contributed by atoms with Crippen LogP contribution in [-0.2, 0) is 9.59 Å². The molecule has 0 aromatic carbocycles. The van der Waals surface area contributed by atoms with E-state index in [2.05, 4.69) is 4.99 Å². The van der Waals surface area contributed by atoms with Crippen LogP contribution in [0.15, 0.2) is 14.6 Å². The molecule has 1 N–H and O–H groups in total. The number of carbonyl (C=O) groups excluding carboxylic acids is 3. The van der Waals surface area contributed by atoms with Gasteiger partial charge in [0.05, 0.1) is 13.6 Å². The minimum Gasteiger partial charge on any atom is -0.492 e. The Morgan fingerprint density at radius 1 is 1.11 bits per heavy atom. The molecule has 2 atom stereocenters. The first-order valence-corrected chi connectivity index (χ1v) is 8.87. The van der Waals surface area contributed by atoms with Crippen LogP contribution in [-0.4, -0.2) is 59.3 Å². The molecule has 1 saturated heterocycles. The molecule has 2 rings (SSSR count). The van der Waals surface area contributed by atoms with E-state index in [0.717, 1.165) is 0 Å². The number of amides is 4. The normalized spacial score (nSPS) is 22.9. The van der Waals surface area contributed by atoms with Gasteiger partial charge in [-0.25, -0.2) is 19.4 Å². The van der Waals surface area contributed by atoms with Crippen molar-refractivity contribution in [2.45, 2.75) is 20.3 Å². The monoisotopic (exact) mass is 454 g/mol. The highest BCUT2D eigenvalue weighted by Crippen LogP contribution is 2.27. The second-order valence-electron chi connectivity index (χ2n) is 6.34. The molecule has 2 unspecified atom stereocenters. The number of rotatable bonds is 4. The van der Waals surface area contributed by atoms with E-state index in [1.165, 1.54) is 7.05 Å². The van der Waals surface area contributed by atoms with E-state index in [1.807, 2.05) is 6.92 Å². The van der Waals surface area contributed by atoms with Gasteiger partial charge in [0.1, 0.15) is 0 Å². The molecule has 0 saturated carbocycles. The van der Waals surface area contributed by atoms with Crippen LogP contribution in [0.25, 0.3) is 0 Å². The minimum atomic E-state index is -1.33. The summed E-state index contributed by atoms with van der Waals surface area (Å²) in [4.78, 5) is 65.0. The lowest BCUT2D eigenvalue weighted by Gasteiger charge is -2.35. The molecule has 14 heteroatoms. The van der Waals surface area contributed by atoms with Gasteiger partial charge >= 0.3 is 29.1 Å². The molecule has 0 bridgehead atoms. The van der Waals surface area contributed by atoms with Gasteiger partial charge in [-0.05, 0) is 6.42 Å². The molecule has 0 aliphatic carbocycles. The zero-order valence-electron chi connectivity index (χ0n) is 14.8. The zero-order chi connectivity index (χ0) is 21.5. The predicted molar refractivity (Wildman–Crippen MR) is 99.8 cm³/mol. The minimum absolute atomic E-state index is 0.000715. The lowest BCUT2D eigenvalue weighted by atomic mass is 10.1. The number of aromatic hydroxyl groups is 1. The molecule has 1 aliphatic heterocycles. The predicted octanol–water partition coefficient (Wildman–Crippen LogP) is 0.927. The molecular formula is C14H15Cl3N5O6+. The number of hydrogen-bond acceptors (Lipinski definition) is 7. The van der Waals surface area contributed by atoms with Crippen LogP contribution in [0.3, 0.4) is 0 Å². The van der Waals surface area contributed by atoms with Gasteiger partial charge in [0.25, 0.3) is 0 Å². The van der Waals surface area contributed by atoms with Gasteiger partial charge in [0.15, 0.2) is 5.69 Å². The topological polar surface area (TPSA) is 131 Å². The van der Waals surface area contributed by atoms with E-state index in [9.17, 15) is 29.1 Å². The fourth-order valence-electron chi connectivity index (χ4n) is 2.54. The number of nitrogens with zero attached hydrogens (tertiary/aromatic N) is 5. The fourth-order valence-corrected chi connectivity index (χ4v) is 3.14. The molecule has 152 valence electrons. The average molecular weight is 456 g/mol. The standard InChI is InChI=1S/C14H14Cl3N5O6/c1-4-6(2)5-22(3)12(26)8(11(25)21(17)14(22)28)18-7-9(23)19(15)13(27)20(16)10(7)24/h6H,4-5H2,1-3H3/p+1. The summed E-state index contributed by atoms with van der Waals surface area (Å²) in [5.41, 5.74) is -4.47. The van der Waals surface area contributed by atoms with Gasteiger partial charge < -0.3 is 5.11 Å². The third-order valence-electron chi connectivity index (χ3n) is 4.33. The van der Waals surface area contributed by atoms with Gasteiger partial charge in [-0.3, -0.25) is 9.59 Å². The van der Waals surface area contributed by atoms with Gasteiger partial charge in [-0.15, -0.1) is 4.42 Å². The molecule has 28 heavy (non-hydrogen) atoms.